The van der Waals surface area contributed by atoms with Gasteiger partial charge >= 0.3 is 5.97 Å². The van der Waals surface area contributed by atoms with Gasteiger partial charge in [-0.2, -0.15) is 0 Å². The topological polar surface area (TPSA) is 63.6 Å². The largest absolute Gasteiger partial charge is 0.451 e. The zero-order valence-corrected chi connectivity index (χ0v) is 18.0. The molecule has 1 unspecified atom stereocenters. The fraction of sp³-hybridized carbons (Fsp3) is 0.739. The van der Waals surface area contributed by atoms with Crippen LogP contribution >= 0.6 is 11.6 Å². The summed E-state index contributed by atoms with van der Waals surface area (Å²) in [7, 11) is 0. The predicted octanol–water partition coefficient (Wildman–Crippen LogP) is 4.54. The number of allylic oxidation sites excluding steroid dienone is 3. The molecule has 0 heterocycles. The molecule has 0 amide bonds. The maximum atomic E-state index is 12.8. The summed E-state index contributed by atoms with van der Waals surface area (Å²) in [5, 5.41) is 10.9. The molecule has 0 radical (unpaired) electrons. The number of fused-ring (bicyclic) bond motifs is 5. The highest BCUT2D eigenvalue weighted by molar-refractivity contribution is 6.32. The van der Waals surface area contributed by atoms with Crippen molar-refractivity contribution < 1.29 is 19.4 Å². The Morgan fingerprint density at radius 2 is 1.75 bits per heavy atom. The fourth-order valence-electron chi connectivity index (χ4n) is 7.28. The molecule has 1 N–H and O–H groups in total. The number of aliphatic hydroxyl groups is 1. The summed E-state index contributed by atoms with van der Waals surface area (Å²) in [6.45, 7) is 7.40. The number of rotatable bonds is 2. The molecule has 4 rings (SSSR count). The van der Waals surface area contributed by atoms with Gasteiger partial charge in [0.15, 0.2) is 11.4 Å². The quantitative estimate of drug-likeness (QED) is 0.683. The molecule has 0 spiro atoms. The maximum absolute atomic E-state index is 12.8. The van der Waals surface area contributed by atoms with Crippen LogP contribution in [0.4, 0.5) is 0 Å². The molecule has 0 aliphatic heterocycles. The second kappa shape index (κ2) is 6.43. The standard InChI is InChI=1S/C23H31ClO4/c1-13(25)23(28-14(2)26)10-7-18-16-12-20(24)19-11-15(27)5-8-21(19,3)17(16)6-9-22(18,23)4/h11-12,15-18,27H,5-10H2,1-4H3/t15-,16+,17-,18-,21+,22?,23-/m0/s1. The second-order valence-corrected chi connectivity index (χ2v) is 10.3. The summed E-state index contributed by atoms with van der Waals surface area (Å²) in [6, 6.07) is 0. The van der Waals surface area contributed by atoms with E-state index in [9.17, 15) is 14.7 Å². The number of aliphatic hydroxyl groups excluding tert-OH is 1. The van der Waals surface area contributed by atoms with Gasteiger partial charge < -0.3 is 9.84 Å². The van der Waals surface area contributed by atoms with Crippen LogP contribution < -0.4 is 0 Å². The van der Waals surface area contributed by atoms with E-state index in [0.717, 1.165) is 42.7 Å². The summed E-state index contributed by atoms with van der Waals surface area (Å²) >= 11 is 6.75. The third-order valence-corrected chi connectivity index (χ3v) is 9.02. The zero-order valence-electron chi connectivity index (χ0n) is 17.3. The predicted molar refractivity (Wildman–Crippen MR) is 108 cm³/mol. The molecule has 154 valence electrons. The lowest BCUT2D eigenvalue weighted by molar-refractivity contribution is -0.185. The van der Waals surface area contributed by atoms with Crippen molar-refractivity contribution in [3.63, 3.8) is 0 Å². The highest BCUT2D eigenvalue weighted by Gasteiger charge is 2.67. The van der Waals surface area contributed by atoms with Crippen molar-refractivity contribution in [1.29, 1.82) is 0 Å². The first-order valence-corrected chi connectivity index (χ1v) is 10.9. The molecule has 7 atom stereocenters. The molecule has 4 aliphatic carbocycles. The Labute approximate surface area is 172 Å². The summed E-state index contributed by atoms with van der Waals surface area (Å²) in [6.07, 6.45) is 8.68. The molecule has 2 fully saturated rings. The minimum atomic E-state index is -1.02. The van der Waals surface area contributed by atoms with Gasteiger partial charge in [-0.1, -0.05) is 37.6 Å². The fourth-order valence-corrected chi connectivity index (χ4v) is 7.70. The first-order chi connectivity index (χ1) is 13.0. The van der Waals surface area contributed by atoms with Crippen LogP contribution in [-0.2, 0) is 14.3 Å². The molecular formula is C23H31ClO4. The Morgan fingerprint density at radius 3 is 2.39 bits per heavy atom. The first-order valence-electron chi connectivity index (χ1n) is 10.5. The molecule has 4 nitrogen and oxygen atoms in total. The van der Waals surface area contributed by atoms with Crippen LogP contribution in [0.1, 0.15) is 66.2 Å². The van der Waals surface area contributed by atoms with Gasteiger partial charge in [-0.3, -0.25) is 9.59 Å². The lowest BCUT2D eigenvalue weighted by Gasteiger charge is -2.58. The number of hydrogen-bond donors (Lipinski definition) is 1. The maximum Gasteiger partial charge on any atom is 0.303 e. The van der Waals surface area contributed by atoms with E-state index in [4.69, 9.17) is 16.3 Å². The van der Waals surface area contributed by atoms with Crippen LogP contribution in [0, 0.1) is 28.6 Å². The van der Waals surface area contributed by atoms with Crippen LogP contribution in [0.2, 0.25) is 0 Å². The van der Waals surface area contributed by atoms with Crippen molar-refractivity contribution in [1.82, 2.24) is 0 Å². The van der Waals surface area contributed by atoms with Crippen molar-refractivity contribution in [2.45, 2.75) is 77.9 Å². The van der Waals surface area contributed by atoms with Crippen molar-refractivity contribution in [2.24, 2.45) is 28.6 Å². The molecule has 0 saturated heterocycles. The highest BCUT2D eigenvalue weighted by atomic mass is 35.5. The molecule has 0 aromatic heterocycles. The third-order valence-electron chi connectivity index (χ3n) is 8.69. The summed E-state index contributed by atoms with van der Waals surface area (Å²) in [5.41, 5.74) is -0.340. The number of esters is 1. The van der Waals surface area contributed by atoms with Crippen LogP contribution in [0.3, 0.4) is 0 Å². The van der Waals surface area contributed by atoms with Gasteiger partial charge in [-0.05, 0) is 74.2 Å². The SMILES string of the molecule is CC(=O)O[C@]1(C(C)=O)CC[C@H]2[C@@H]3C=C(Cl)C4=C[C@@H](O)CC[C@]4(C)[C@H]3CCC21C. The van der Waals surface area contributed by atoms with Crippen molar-refractivity contribution >= 4 is 23.4 Å². The van der Waals surface area contributed by atoms with Crippen molar-refractivity contribution in [2.75, 3.05) is 0 Å². The van der Waals surface area contributed by atoms with Crippen LogP contribution in [-0.4, -0.2) is 28.6 Å². The van der Waals surface area contributed by atoms with E-state index >= 15 is 0 Å². The molecule has 5 heteroatoms. The van der Waals surface area contributed by atoms with Crippen LogP contribution in [0.5, 0.6) is 0 Å². The summed E-state index contributed by atoms with van der Waals surface area (Å²) in [5.74, 6) is 0.542. The average Bonchev–Trinajstić information content (AvgIpc) is 2.90. The lowest BCUT2D eigenvalue weighted by atomic mass is 9.48. The van der Waals surface area contributed by atoms with Gasteiger partial charge in [-0.15, -0.1) is 0 Å². The van der Waals surface area contributed by atoms with Gasteiger partial charge in [0.1, 0.15) is 0 Å². The number of hydrogen-bond acceptors (Lipinski definition) is 4. The molecule has 28 heavy (non-hydrogen) atoms. The van der Waals surface area contributed by atoms with Crippen LogP contribution in [0.15, 0.2) is 22.8 Å². The van der Waals surface area contributed by atoms with E-state index < -0.39 is 11.7 Å². The van der Waals surface area contributed by atoms with E-state index in [1.165, 1.54) is 6.92 Å². The molecular weight excluding hydrogens is 376 g/mol. The molecule has 0 bridgehead atoms. The minimum Gasteiger partial charge on any atom is -0.451 e. The number of carbonyl (C=O) groups is 2. The van der Waals surface area contributed by atoms with E-state index in [-0.39, 0.29) is 34.4 Å². The monoisotopic (exact) mass is 406 g/mol. The summed E-state index contributed by atoms with van der Waals surface area (Å²) in [4.78, 5) is 24.7. The van der Waals surface area contributed by atoms with Crippen molar-refractivity contribution in [3.05, 3.63) is 22.8 Å². The number of Topliss-reactive ketones (excluding diaryl/α,β-unsaturated/α-hetero) is 1. The Hall–Kier alpha value is -1.13. The van der Waals surface area contributed by atoms with Gasteiger partial charge in [0.25, 0.3) is 0 Å². The lowest BCUT2D eigenvalue weighted by Crippen LogP contribution is -2.58. The van der Waals surface area contributed by atoms with Crippen LogP contribution in [0.25, 0.3) is 0 Å². The zero-order chi connectivity index (χ0) is 20.5. The Kier molecular flexibility index (Phi) is 4.63. The molecule has 4 aliphatic rings. The van der Waals surface area contributed by atoms with E-state index in [0.29, 0.717) is 12.3 Å². The number of ketones is 1. The van der Waals surface area contributed by atoms with Gasteiger partial charge in [0.2, 0.25) is 0 Å². The number of carbonyl (C=O) groups excluding carboxylic acids is 2. The van der Waals surface area contributed by atoms with Gasteiger partial charge in [-0.25, -0.2) is 0 Å². The Balaban J connectivity index is 1.78. The average molecular weight is 407 g/mol. The second-order valence-electron chi connectivity index (χ2n) is 9.88. The van der Waals surface area contributed by atoms with Gasteiger partial charge in [0, 0.05) is 17.4 Å². The van der Waals surface area contributed by atoms with E-state index in [1.54, 1.807) is 6.92 Å². The normalized spacial score (nSPS) is 47.2. The molecule has 0 aromatic carbocycles. The smallest absolute Gasteiger partial charge is 0.303 e. The van der Waals surface area contributed by atoms with Gasteiger partial charge in [0.05, 0.1) is 6.10 Å². The molecule has 2 saturated carbocycles. The van der Waals surface area contributed by atoms with E-state index in [2.05, 4.69) is 19.9 Å². The third kappa shape index (κ3) is 2.53. The Bertz CT molecular complexity index is 785. The minimum absolute atomic E-state index is 0.0374. The van der Waals surface area contributed by atoms with E-state index in [1.807, 2.05) is 6.08 Å². The first kappa shape index (κ1) is 20.2. The highest BCUT2D eigenvalue weighted by Crippen LogP contribution is 2.68. The number of halogens is 1. The Morgan fingerprint density at radius 1 is 1.07 bits per heavy atom. The molecule has 0 aromatic rings. The number of ether oxygens (including phenoxy) is 1. The van der Waals surface area contributed by atoms with Crippen molar-refractivity contribution in [3.8, 4) is 0 Å². The summed E-state index contributed by atoms with van der Waals surface area (Å²) < 4.78 is 5.80.